The van der Waals surface area contributed by atoms with Gasteiger partial charge in [-0.05, 0) is 24.3 Å². The maximum Gasteiger partial charge on any atom is 0.323 e. The number of rotatable bonds is 8. The highest BCUT2D eigenvalue weighted by molar-refractivity contribution is 8.04. The molecule has 1 aliphatic rings. The Bertz CT molecular complexity index is 1060. The van der Waals surface area contributed by atoms with E-state index in [1.54, 1.807) is 30.3 Å². The van der Waals surface area contributed by atoms with Crippen LogP contribution in [0.5, 0.6) is 0 Å². The highest BCUT2D eigenvalue weighted by Gasteiger charge is 2.33. The van der Waals surface area contributed by atoms with Crippen molar-refractivity contribution < 1.29 is 24.0 Å². The minimum Gasteiger partial charge on any atom is -0.341 e. The molecule has 4 amide bonds. The zero-order valence-electron chi connectivity index (χ0n) is 16.5. The second-order valence-electron chi connectivity index (χ2n) is 6.40. The van der Waals surface area contributed by atoms with Crippen LogP contribution in [0.4, 0.5) is 10.5 Å². The number of H-pyrrole nitrogens is 1. The van der Waals surface area contributed by atoms with Crippen molar-refractivity contribution in [2.24, 2.45) is 0 Å². The average Bonchev–Trinajstić information content (AvgIpc) is 3.23. The van der Waals surface area contributed by atoms with Crippen LogP contribution in [-0.4, -0.2) is 64.4 Å². The molecule has 31 heavy (non-hydrogen) atoms. The number of para-hydroxylation sites is 1. The zero-order chi connectivity index (χ0) is 22.4. The number of nitrogens with one attached hydrogen (secondary N) is 3. The summed E-state index contributed by atoms with van der Waals surface area (Å²) in [5.41, 5.74) is 0.282. The SMILES string of the molecule is CNC(=O)N(C=O)CCCSC1=CC(=O)c2n[nH]c(C(=O)Nc3ccccc3)c2C1=O. The van der Waals surface area contributed by atoms with Crippen LogP contribution in [0.1, 0.15) is 37.8 Å². The number of amides is 4. The van der Waals surface area contributed by atoms with Gasteiger partial charge in [-0.25, -0.2) is 4.79 Å². The van der Waals surface area contributed by atoms with Gasteiger partial charge < -0.3 is 10.6 Å². The van der Waals surface area contributed by atoms with Crippen molar-refractivity contribution in [3.8, 4) is 0 Å². The quantitative estimate of drug-likeness (QED) is 0.419. The lowest BCUT2D eigenvalue weighted by molar-refractivity contribution is -0.115. The van der Waals surface area contributed by atoms with Gasteiger partial charge in [0.1, 0.15) is 11.4 Å². The maximum atomic E-state index is 12.9. The average molecular weight is 441 g/mol. The zero-order valence-corrected chi connectivity index (χ0v) is 17.3. The number of allylic oxidation sites excluding steroid dienone is 2. The van der Waals surface area contributed by atoms with Crippen LogP contribution >= 0.6 is 11.8 Å². The second kappa shape index (κ2) is 9.85. The van der Waals surface area contributed by atoms with Crippen LogP contribution in [0.25, 0.3) is 0 Å². The first kappa shape index (κ1) is 22.0. The molecule has 10 nitrogen and oxygen atoms in total. The van der Waals surface area contributed by atoms with E-state index in [-0.39, 0.29) is 28.4 Å². The lowest BCUT2D eigenvalue weighted by Crippen LogP contribution is -2.37. The Morgan fingerprint density at radius 3 is 2.65 bits per heavy atom. The number of aromatic amines is 1. The summed E-state index contributed by atoms with van der Waals surface area (Å²) in [5.74, 6) is -1.16. The smallest absolute Gasteiger partial charge is 0.323 e. The summed E-state index contributed by atoms with van der Waals surface area (Å²) < 4.78 is 0. The molecule has 0 fully saturated rings. The number of imide groups is 1. The molecule has 0 unspecified atom stereocenters. The number of benzene rings is 1. The number of hydrogen-bond acceptors (Lipinski definition) is 7. The number of urea groups is 1. The summed E-state index contributed by atoms with van der Waals surface area (Å²) in [6.07, 6.45) is 2.02. The molecule has 11 heteroatoms. The minimum absolute atomic E-state index is 0.0664. The minimum atomic E-state index is -0.584. The fourth-order valence-electron chi connectivity index (χ4n) is 2.87. The number of Topliss-reactive ketones (excluding diaryl/α,β-unsaturated/α-hetero) is 1. The first-order valence-electron chi connectivity index (χ1n) is 9.28. The van der Waals surface area contributed by atoms with Gasteiger partial charge in [-0.15, -0.1) is 11.8 Å². The van der Waals surface area contributed by atoms with E-state index in [1.165, 1.54) is 13.1 Å². The molecule has 3 rings (SSSR count). The first-order valence-corrected chi connectivity index (χ1v) is 10.3. The van der Waals surface area contributed by atoms with Crippen molar-refractivity contribution in [2.45, 2.75) is 6.42 Å². The van der Waals surface area contributed by atoms with E-state index < -0.39 is 23.5 Å². The van der Waals surface area contributed by atoms with Crippen LogP contribution in [0.2, 0.25) is 0 Å². The number of aromatic nitrogens is 2. The Balaban J connectivity index is 1.68. The Morgan fingerprint density at radius 2 is 1.97 bits per heavy atom. The third kappa shape index (κ3) is 4.89. The summed E-state index contributed by atoms with van der Waals surface area (Å²) in [6, 6.07) is 8.15. The Kier molecular flexibility index (Phi) is 6.98. The van der Waals surface area contributed by atoms with Gasteiger partial charge in [-0.1, -0.05) is 18.2 Å². The van der Waals surface area contributed by atoms with E-state index in [2.05, 4.69) is 20.8 Å². The summed E-state index contributed by atoms with van der Waals surface area (Å²) in [5, 5.41) is 11.3. The Morgan fingerprint density at radius 1 is 1.23 bits per heavy atom. The molecule has 160 valence electrons. The highest BCUT2D eigenvalue weighted by atomic mass is 32.2. The van der Waals surface area contributed by atoms with Gasteiger partial charge in [0, 0.05) is 25.4 Å². The van der Waals surface area contributed by atoms with Gasteiger partial charge in [0.05, 0.1) is 10.5 Å². The summed E-state index contributed by atoms with van der Waals surface area (Å²) in [4.78, 5) is 61.5. The number of thioether (sulfide) groups is 1. The molecule has 0 radical (unpaired) electrons. The van der Waals surface area contributed by atoms with E-state index in [0.29, 0.717) is 24.3 Å². The third-order valence-electron chi connectivity index (χ3n) is 4.37. The predicted octanol–water partition coefficient (Wildman–Crippen LogP) is 1.85. The molecule has 0 saturated carbocycles. The highest BCUT2D eigenvalue weighted by Crippen LogP contribution is 2.30. The fraction of sp³-hybridized carbons (Fsp3) is 0.200. The molecule has 0 bridgehead atoms. The number of anilines is 1. The number of hydrogen-bond donors (Lipinski definition) is 3. The number of fused-ring (bicyclic) bond motifs is 1. The number of nitrogens with zero attached hydrogens (tertiary/aromatic N) is 2. The van der Waals surface area contributed by atoms with Gasteiger partial charge >= 0.3 is 6.03 Å². The molecule has 0 atom stereocenters. The lowest BCUT2D eigenvalue weighted by atomic mass is 9.99. The van der Waals surface area contributed by atoms with E-state index in [4.69, 9.17) is 0 Å². The van der Waals surface area contributed by atoms with E-state index >= 15 is 0 Å². The topological polar surface area (TPSA) is 141 Å². The number of ketones is 2. The molecule has 0 spiro atoms. The predicted molar refractivity (Wildman–Crippen MR) is 114 cm³/mol. The monoisotopic (exact) mass is 441 g/mol. The Labute approximate surface area is 181 Å². The molecule has 1 aromatic heterocycles. The van der Waals surface area contributed by atoms with Crippen LogP contribution < -0.4 is 10.6 Å². The van der Waals surface area contributed by atoms with E-state index in [0.717, 1.165) is 16.7 Å². The van der Waals surface area contributed by atoms with Crippen molar-refractivity contribution in [1.29, 1.82) is 0 Å². The molecule has 1 heterocycles. The van der Waals surface area contributed by atoms with Crippen molar-refractivity contribution in [1.82, 2.24) is 20.4 Å². The number of carbonyl (C=O) groups excluding carboxylic acids is 5. The van der Waals surface area contributed by atoms with Crippen LogP contribution in [0, 0.1) is 0 Å². The van der Waals surface area contributed by atoms with Crippen molar-refractivity contribution in [2.75, 3.05) is 24.7 Å². The van der Waals surface area contributed by atoms with Crippen LogP contribution in [0.3, 0.4) is 0 Å². The molecule has 3 N–H and O–H groups in total. The van der Waals surface area contributed by atoms with Crippen molar-refractivity contribution >= 4 is 47.4 Å². The van der Waals surface area contributed by atoms with Gasteiger partial charge in [0.15, 0.2) is 0 Å². The van der Waals surface area contributed by atoms with Crippen LogP contribution in [-0.2, 0) is 4.79 Å². The molecule has 2 aromatic rings. The van der Waals surface area contributed by atoms with Crippen LogP contribution in [0.15, 0.2) is 41.3 Å². The third-order valence-corrected chi connectivity index (χ3v) is 5.48. The summed E-state index contributed by atoms with van der Waals surface area (Å²) >= 11 is 1.12. The number of carbonyl (C=O) groups is 5. The molecular weight excluding hydrogens is 422 g/mol. The largest absolute Gasteiger partial charge is 0.341 e. The standard InChI is InChI=1S/C20H19N5O5S/c1-21-20(30)25(11-26)8-5-9-31-14-10-13(27)16-15(18(14)28)17(24-23-16)19(29)22-12-6-3-2-4-7-12/h2-4,6-7,10-11H,5,8-9H2,1H3,(H,21,30)(H,22,29)(H,23,24). The normalized spacial score (nSPS) is 12.6. The van der Waals surface area contributed by atoms with Crippen molar-refractivity contribution in [3.05, 3.63) is 58.3 Å². The molecule has 0 saturated heterocycles. The van der Waals surface area contributed by atoms with Gasteiger partial charge in [-0.2, -0.15) is 5.10 Å². The lowest BCUT2D eigenvalue weighted by Gasteiger charge is -2.15. The van der Waals surface area contributed by atoms with E-state index in [9.17, 15) is 24.0 Å². The van der Waals surface area contributed by atoms with Gasteiger partial charge in [-0.3, -0.25) is 29.2 Å². The molecule has 0 aliphatic heterocycles. The molecular formula is C20H19N5O5S. The second-order valence-corrected chi connectivity index (χ2v) is 7.54. The fourth-order valence-corrected chi connectivity index (χ4v) is 3.78. The first-order chi connectivity index (χ1) is 15.0. The summed E-state index contributed by atoms with van der Waals surface area (Å²) in [6.45, 7) is 0.160. The molecule has 1 aromatic carbocycles. The summed E-state index contributed by atoms with van der Waals surface area (Å²) in [7, 11) is 1.42. The van der Waals surface area contributed by atoms with Gasteiger partial charge in [0.2, 0.25) is 18.0 Å². The van der Waals surface area contributed by atoms with E-state index in [1.807, 2.05) is 0 Å². The van der Waals surface area contributed by atoms with Gasteiger partial charge in [0.25, 0.3) is 5.91 Å². The maximum absolute atomic E-state index is 12.9. The Hall–Kier alpha value is -3.73. The van der Waals surface area contributed by atoms with Crippen molar-refractivity contribution in [3.63, 3.8) is 0 Å². The molecule has 1 aliphatic carbocycles.